The molecule has 1 atom stereocenters. The standard InChI is InChI=1S/C14H14INO2S/c1-2-18-12-7-4-3-6-11(12)14-16(9-5-8-15)13(17)10-19-14/h3-4,6-7,14H,2,8,10H2,1H3. The van der Waals surface area contributed by atoms with Crippen molar-refractivity contribution in [3.8, 4) is 17.7 Å². The van der Waals surface area contributed by atoms with Crippen LogP contribution in [0.5, 0.6) is 5.75 Å². The molecule has 1 aliphatic heterocycles. The minimum atomic E-state index is -0.0642. The summed E-state index contributed by atoms with van der Waals surface area (Å²) < 4.78 is 6.35. The highest BCUT2D eigenvalue weighted by molar-refractivity contribution is 14.1. The molecule has 0 N–H and O–H groups in total. The number of hydrogen-bond donors (Lipinski definition) is 0. The molecule has 100 valence electrons. The van der Waals surface area contributed by atoms with E-state index < -0.39 is 0 Å². The van der Waals surface area contributed by atoms with Crippen LogP contribution < -0.4 is 4.74 Å². The fourth-order valence-corrected chi connectivity index (χ4v) is 3.17. The summed E-state index contributed by atoms with van der Waals surface area (Å²) in [7, 11) is 0. The Hall–Kier alpha value is -0.870. The molecular formula is C14H14INO2S. The largest absolute Gasteiger partial charge is 0.493 e. The first-order valence-electron chi connectivity index (χ1n) is 5.97. The molecule has 0 aliphatic carbocycles. The number of ether oxygens (including phenoxy) is 1. The molecule has 1 aromatic rings. The number of thioether (sulfide) groups is 1. The molecule has 1 saturated heterocycles. The molecule has 0 bridgehead atoms. The van der Waals surface area contributed by atoms with E-state index in [-0.39, 0.29) is 11.3 Å². The minimum Gasteiger partial charge on any atom is -0.493 e. The zero-order valence-corrected chi connectivity index (χ0v) is 13.5. The van der Waals surface area contributed by atoms with E-state index in [4.69, 9.17) is 4.74 Å². The predicted molar refractivity (Wildman–Crippen MR) is 86.3 cm³/mol. The second-order valence-electron chi connectivity index (χ2n) is 3.82. The molecule has 1 amide bonds. The van der Waals surface area contributed by atoms with Gasteiger partial charge < -0.3 is 4.74 Å². The van der Waals surface area contributed by atoms with Gasteiger partial charge in [0.2, 0.25) is 5.91 Å². The third-order valence-corrected chi connectivity index (χ3v) is 4.19. The number of nitrogens with zero attached hydrogens (tertiary/aromatic N) is 1. The number of carbonyl (C=O) groups is 1. The molecule has 0 spiro atoms. The summed E-state index contributed by atoms with van der Waals surface area (Å²) >= 11 is 3.77. The van der Waals surface area contributed by atoms with E-state index >= 15 is 0 Å². The van der Waals surface area contributed by atoms with Crippen molar-refractivity contribution in [2.24, 2.45) is 0 Å². The van der Waals surface area contributed by atoms with Crippen LogP contribution in [0.1, 0.15) is 17.9 Å². The lowest BCUT2D eigenvalue weighted by atomic mass is 10.2. The molecule has 19 heavy (non-hydrogen) atoms. The van der Waals surface area contributed by atoms with Crippen LogP contribution in [0.25, 0.3) is 0 Å². The SMILES string of the molecule is CCOc1ccccc1C1SCC(=O)N1C#CCI. The molecule has 0 aromatic heterocycles. The Balaban J connectivity index is 2.32. The third kappa shape index (κ3) is 3.37. The van der Waals surface area contributed by atoms with E-state index in [1.807, 2.05) is 31.2 Å². The maximum atomic E-state index is 11.9. The second-order valence-corrected chi connectivity index (χ2v) is 5.65. The Morgan fingerprint density at radius 2 is 2.32 bits per heavy atom. The van der Waals surface area contributed by atoms with Crippen LogP contribution in [-0.2, 0) is 4.79 Å². The van der Waals surface area contributed by atoms with E-state index in [0.29, 0.717) is 16.8 Å². The van der Waals surface area contributed by atoms with Crippen LogP contribution in [0.2, 0.25) is 0 Å². The molecule has 0 radical (unpaired) electrons. The number of para-hydroxylation sites is 1. The number of amides is 1. The lowest BCUT2D eigenvalue weighted by Crippen LogP contribution is -2.23. The molecule has 2 rings (SSSR count). The highest BCUT2D eigenvalue weighted by atomic mass is 127. The molecule has 1 aliphatic rings. The molecule has 1 aromatic carbocycles. The number of hydrogen-bond acceptors (Lipinski definition) is 3. The van der Waals surface area contributed by atoms with Crippen LogP contribution in [0.4, 0.5) is 0 Å². The van der Waals surface area contributed by atoms with Gasteiger partial charge in [0.15, 0.2) is 0 Å². The van der Waals surface area contributed by atoms with Gasteiger partial charge in [-0.05, 0) is 13.0 Å². The van der Waals surface area contributed by atoms with Gasteiger partial charge in [-0.15, -0.1) is 11.8 Å². The quantitative estimate of drug-likeness (QED) is 0.454. The zero-order valence-electron chi connectivity index (χ0n) is 10.6. The maximum Gasteiger partial charge on any atom is 0.245 e. The highest BCUT2D eigenvalue weighted by Gasteiger charge is 2.33. The maximum absolute atomic E-state index is 11.9. The summed E-state index contributed by atoms with van der Waals surface area (Å²) in [6.45, 7) is 2.57. The Morgan fingerprint density at radius 1 is 1.53 bits per heavy atom. The summed E-state index contributed by atoms with van der Waals surface area (Å²) in [4.78, 5) is 13.5. The van der Waals surface area contributed by atoms with Crippen molar-refractivity contribution < 1.29 is 9.53 Å². The monoisotopic (exact) mass is 387 g/mol. The molecule has 0 saturated carbocycles. The van der Waals surface area contributed by atoms with Gasteiger partial charge >= 0.3 is 0 Å². The van der Waals surface area contributed by atoms with Gasteiger partial charge in [0.1, 0.15) is 11.1 Å². The van der Waals surface area contributed by atoms with Crippen molar-refractivity contribution in [1.29, 1.82) is 0 Å². The normalized spacial score (nSPS) is 18.1. The molecule has 1 heterocycles. The van der Waals surface area contributed by atoms with Gasteiger partial charge in [0, 0.05) is 11.6 Å². The number of rotatable bonds is 3. The highest BCUT2D eigenvalue weighted by Crippen LogP contribution is 2.41. The van der Waals surface area contributed by atoms with Crippen LogP contribution in [0, 0.1) is 12.0 Å². The van der Waals surface area contributed by atoms with Crippen molar-refractivity contribution in [1.82, 2.24) is 4.90 Å². The van der Waals surface area contributed by atoms with Gasteiger partial charge in [-0.1, -0.05) is 46.7 Å². The lowest BCUT2D eigenvalue weighted by Gasteiger charge is -2.20. The van der Waals surface area contributed by atoms with Crippen molar-refractivity contribution in [2.75, 3.05) is 16.8 Å². The predicted octanol–water partition coefficient (Wildman–Crippen LogP) is 3.06. The molecule has 1 fully saturated rings. The van der Waals surface area contributed by atoms with E-state index in [1.165, 1.54) is 0 Å². The Morgan fingerprint density at radius 3 is 3.05 bits per heavy atom. The molecule has 3 nitrogen and oxygen atoms in total. The number of halogens is 1. The molecular weight excluding hydrogens is 373 g/mol. The number of alkyl halides is 1. The summed E-state index contributed by atoms with van der Waals surface area (Å²) in [5, 5.41) is -0.0642. The fourth-order valence-electron chi connectivity index (χ4n) is 1.86. The lowest BCUT2D eigenvalue weighted by molar-refractivity contribution is -0.124. The van der Waals surface area contributed by atoms with E-state index in [9.17, 15) is 4.79 Å². The van der Waals surface area contributed by atoms with E-state index in [0.717, 1.165) is 11.3 Å². The number of benzene rings is 1. The van der Waals surface area contributed by atoms with Crippen LogP contribution in [0.15, 0.2) is 24.3 Å². The Kier molecular flexibility index (Phi) is 5.40. The smallest absolute Gasteiger partial charge is 0.245 e. The van der Waals surface area contributed by atoms with Crippen LogP contribution in [-0.4, -0.2) is 27.6 Å². The average molecular weight is 387 g/mol. The van der Waals surface area contributed by atoms with Gasteiger partial charge in [0.05, 0.1) is 16.8 Å². The first-order valence-corrected chi connectivity index (χ1v) is 8.55. The fraction of sp³-hybridized carbons (Fsp3) is 0.357. The van der Waals surface area contributed by atoms with E-state index in [1.54, 1.807) is 16.7 Å². The minimum absolute atomic E-state index is 0.0642. The van der Waals surface area contributed by atoms with E-state index in [2.05, 4.69) is 34.6 Å². The van der Waals surface area contributed by atoms with Crippen molar-refractivity contribution >= 4 is 40.3 Å². The van der Waals surface area contributed by atoms with Crippen LogP contribution >= 0.6 is 34.4 Å². The molecule has 5 heteroatoms. The number of carbonyl (C=O) groups excluding carboxylic acids is 1. The topological polar surface area (TPSA) is 29.5 Å². The second kappa shape index (κ2) is 7.06. The van der Waals surface area contributed by atoms with Gasteiger partial charge in [0.25, 0.3) is 0 Å². The Labute approximate surface area is 131 Å². The average Bonchev–Trinajstić information content (AvgIpc) is 2.79. The molecule has 1 unspecified atom stereocenters. The van der Waals surface area contributed by atoms with Gasteiger partial charge in [-0.25, -0.2) is 0 Å². The van der Waals surface area contributed by atoms with Gasteiger partial charge in [-0.2, -0.15) is 0 Å². The summed E-state index contributed by atoms with van der Waals surface area (Å²) in [6.07, 6.45) is 0. The van der Waals surface area contributed by atoms with Gasteiger partial charge in [-0.3, -0.25) is 9.69 Å². The van der Waals surface area contributed by atoms with Crippen molar-refractivity contribution in [3.63, 3.8) is 0 Å². The summed E-state index contributed by atoms with van der Waals surface area (Å²) in [6, 6.07) is 10.8. The third-order valence-electron chi connectivity index (χ3n) is 2.62. The van der Waals surface area contributed by atoms with Crippen LogP contribution in [0.3, 0.4) is 0 Å². The summed E-state index contributed by atoms with van der Waals surface area (Å²) in [5.74, 6) is 4.33. The Bertz CT molecular complexity index is 524. The summed E-state index contributed by atoms with van der Waals surface area (Å²) in [5.41, 5.74) is 1.02. The zero-order chi connectivity index (χ0) is 13.7. The first-order chi connectivity index (χ1) is 9.27. The first kappa shape index (κ1) is 14.5. The van der Waals surface area contributed by atoms with Crippen molar-refractivity contribution in [3.05, 3.63) is 29.8 Å². The van der Waals surface area contributed by atoms with Crippen molar-refractivity contribution in [2.45, 2.75) is 12.3 Å².